The van der Waals surface area contributed by atoms with Crippen molar-refractivity contribution in [3.63, 3.8) is 0 Å². The van der Waals surface area contributed by atoms with Crippen molar-refractivity contribution < 1.29 is 19.1 Å². The van der Waals surface area contributed by atoms with Crippen molar-refractivity contribution in [2.24, 2.45) is 23.7 Å². The zero-order valence-corrected chi connectivity index (χ0v) is 24.1. The minimum absolute atomic E-state index is 0.0775. The number of fused-ring (bicyclic) bond motifs is 1. The zero-order valence-electron chi connectivity index (χ0n) is 24.1. The second kappa shape index (κ2) is 10.9. The van der Waals surface area contributed by atoms with E-state index >= 15 is 0 Å². The van der Waals surface area contributed by atoms with Crippen molar-refractivity contribution >= 4 is 23.4 Å². The van der Waals surface area contributed by atoms with Gasteiger partial charge in [-0.15, -0.1) is 0 Å². The Bertz CT molecular complexity index is 1180. The van der Waals surface area contributed by atoms with Crippen LogP contribution in [0.15, 0.2) is 36.4 Å². The van der Waals surface area contributed by atoms with Gasteiger partial charge in [-0.05, 0) is 68.8 Å². The molecule has 1 aromatic carbocycles. The van der Waals surface area contributed by atoms with Crippen molar-refractivity contribution in [3.05, 3.63) is 42.0 Å². The second-order valence-electron chi connectivity index (χ2n) is 12.9. The Morgan fingerprint density at radius 1 is 1.05 bits per heavy atom. The average Bonchev–Trinajstić information content (AvgIpc) is 3.58. The fourth-order valence-electron chi connectivity index (χ4n) is 7.94. The lowest BCUT2D eigenvalue weighted by Crippen LogP contribution is -2.58. The number of benzene rings is 1. The van der Waals surface area contributed by atoms with Gasteiger partial charge < -0.3 is 25.2 Å². The molecule has 2 N–H and O–H groups in total. The van der Waals surface area contributed by atoms with Crippen LogP contribution in [-0.4, -0.2) is 77.5 Å². The number of piperidine rings is 1. The van der Waals surface area contributed by atoms with Crippen LogP contribution in [0.1, 0.15) is 57.9 Å². The summed E-state index contributed by atoms with van der Waals surface area (Å²) < 4.78 is 6.53. The monoisotopic (exact) mass is 548 g/mol. The summed E-state index contributed by atoms with van der Waals surface area (Å²) in [6.07, 6.45) is 10.1. The SMILES string of the molecule is Cc1cccc(NC(=O)C2C3C=CC4(O3)C2C(=O)N(CCN2CCCCC2)C4C(=O)NC2CCCC(C)C2C)c1. The van der Waals surface area contributed by atoms with Crippen molar-refractivity contribution in [2.75, 3.05) is 31.5 Å². The summed E-state index contributed by atoms with van der Waals surface area (Å²) in [6, 6.07) is 6.95. The summed E-state index contributed by atoms with van der Waals surface area (Å²) >= 11 is 0. The zero-order chi connectivity index (χ0) is 28.0. The van der Waals surface area contributed by atoms with Crippen LogP contribution in [0.4, 0.5) is 5.69 Å². The van der Waals surface area contributed by atoms with Gasteiger partial charge in [0.25, 0.3) is 0 Å². The fraction of sp³-hybridized carbons (Fsp3) is 0.656. The summed E-state index contributed by atoms with van der Waals surface area (Å²) in [6.45, 7) is 9.67. The van der Waals surface area contributed by atoms with Gasteiger partial charge in [-0.3, -0.25) is 14.4 Å². The molecule has 1 spiro atoms. The molecule has 0 radical (unpaired) electrons. The number of anilines is 1. The molecule has 40 heavy (non-hydrogen) atoms. The highest BCUT2D eigenvalue weighted by Gasteiger charge is 2.72. The number of nitrogens with one attached hydrogen (secondary N) is 2. The van der Waals surface area contributed by atoms with Crippen LogP contribution in [-0.2, 0) is 19.1 Å². The predicted molar refractivity (Wildman–Crippen MR) is 153 cm³/mol. The molecule has 1 aromatic rings. The normalized spacial score (nSPS) is 37.0. The molecule has 3 saturated heterocycles. The standard InChI is InChI=1S/C32H44N4O4/c1-20-9-7-11-23(19-20)33-29(37)26-25-13-14-32(40-25)27(26)31(39)36(18-17-35-15-5-4-6-16-35)28(32)30(38)34-24-12-8-10-21(2)22(24)3/h7,9,11,13-14,19,21-22,24-28H,4-6,8,10,12,15-18H2,1-3H3,(H,33,37)(H,34,38). The third-order valence-electron chi connectivity index (χ3n) is 10.4. The largest absolute Gasteiger partial charge is 0.359 e. The molecule has 5 aliphatic rings. The van der Waals surface area contributed by atoms with Gasteiger partial charge in [-0.1, -0.05) is 57.4 Å². The van der Waals surface area contributed by atoms with Gasteiger partial charge in [0.15, 0.2) is 0 Å². The molecule has 3 amide bonds. The van der Waals surface area contributed by atoms with Gasteiger partial charge >= 0.3 is 0 Å². The average molecular weight is 549 g/mol. The highest BCUT2D eigenvalue weighted by molar-refractivity contribution is 6.02. The van der Waals surface area contributed by atoms with E-state index < -0.39 is 29.6 Å². The smallest absolute Gasteiger partial charge is 0.246 e. The number of nitrogens with zero attached hydrogens (tertiary/aromatic N) is 2. The van der Waals surface area contributed by atoms with E-state index in [-0.39, 0.29) is 23.8 Å². The molecule has 4 heterocycles. The van der Waals surface area contributed by atoms with E-state index in [1.165, 1.54) is 12.8 Å². The predicted octanol–water partition coefficient (Wildman–Crippen LogP) is 3.51. The Kier molecular flexibility index (Phi) is 7.51. The molecule has 2 bridgehead atoms. The molecule has 1 saturated carbocycles. The van der Waals surface area contributed by atoms with Crippen molar-refractivity contribution in [3.8, 4) is 0 Å². The first kappa shape index (κ1) is 27.5. The number of carbonyl (C=O) groups excluding carboxylic acids is 3. The van der Waals surface area contributed by atoms with E-state index in [1.54, 1.807) is 4.90 Å². The lowest BCUT2D eigenvalue weighted by atomic mass is 9.73. The topological polar surface area (TPSA) is 91.0 Å². The van der Waals surface area contributed by atoms with Gasteiger partial charge in [0, 0.05) is 24.8 Å². The lowest BCUT2D eigenvalue weighted by Gasteiger charge is -2.38. The molecular weight excluding hydrogens is 504 g/mol. The Balaban J connectivity index is 1.27. The Hall–Kier alpha value is -2.71. The van der Waals surface area contributed by atoms with Gasteiger partial charge in [-0.25, -0.2) is 0 Å². The van der Waals surface area contributed by atoms with Crippen LogP contribution >= 0.6 is 0 Å². The van der Waals surface area contributed by atoms with Crippen molar-refractivity contribution in [2.45, 2.75) is 83.1 Å². The van der Waals surface area contributed by atoms with Crippen molar-refractivity contribution in [1.82, 2.24) is 15.1 Å². The quantitative estimate of drug-likeness (QED) is 0.509. The van der Waals surface area contributed by atoms with Gasteiger partial charge in [0.05, 0.1) is 17.9 Å². The first-order chi connectivity index (χ1) is 19.3. The number of carbonyl (C=O) groups is 3. The summed E-state index contributed by atoms with van der Waals surface area (Å²) in [5.74, 6) is -1.00. The van der Waals surface area contributed by atoms with E-state index in [0.29, 0.717) is 24.1 Å². The number of ether oxygens (including phenoxy) is 1. The Labute approximate surface area is 237 Å². The molecule has 1 aliphatic carbocycles. The van der Waals surface area contributed by atoms with Crippen LogP contribution < -0.4 is 10.6 Å². The number of amides is 3. The molecule has 6 rings (SSSR count). The molecule has 0 aromatic heterocycles. The van der Waals surface area contributed by atoms with Crippen LogP contribution in [0.2, 0.25) is 0 Å². The molecular formula is C32H44N4O4. The van der Waals surface area contributed by atoms with E-state index in [0.717, 1.165) is 50.9 Å². The lowest BCUT2D eigenvalue weighted by molar-refractivity contribution is -0.142. The Morgan fingerprint density at radius 3 is 2.62 bits per heavy atom. The summed E-state index contributed by atoms with van der Waals surface area (Å²) in [4.78, 5) is 46.2. The highest BCUT2D eigenvalue weighted by atomic mass is 16.5. The fourth-order valence-corrected chi connectivity index (χ4v) is 7.94. The van der Waals surface area contributed by atoms with E-state index in [1.807, 2.05) is 43.3 Å². The van der Waals surface area contributed by atoms with Crippen molar-refractivity contribution in [1.29, 1.82) is 0 Å². The summed E-state index contributed by atoms with van der Waals surface area (Å²) in [5.41, 5.74) is 0.626. The van der Waals surface area contributed by atoms with E-state index in [2.05, 4.69) is 29.4 Å². The molecule has 8 unspecified atom stereocenters. The molecule has 8 heteroatoms. The molecule has 4 fully saturated rings. The first-order valence-corrected chi connectivity index (χ1v) is 15.4. The minimum Gasteiger partial charge on any atom is -0.359 e. The third-order valence-corrected chi connectivity index (χ3v) is 10.4. The molecule has 4 aliphatic heterocycles. The first-order valence-electron chi connectivity index (χ1n) is 15.4. The van der Waals surface area contributed by atoms with Gasteiger partial charge in [0.2, 0.25) is 17.7 Å². The minimum atomic E-state index is -1.12. The number of likely N-dealkylation sites (tertiary alicyclic amines) is 2. The maximum absolute atomic E-state index is 14.2. The maximum atomic E-state index is 14.2. The van der Waals surface area contributed by atoms with Crippen LogP contribution in [0.3, 0.4) is 0 Å². The number of rotatable bonds is 7. The van der Waals surface area contributed by atoms with Crippen LogP contribution in [0, 0.1) is 30.6 Å². The molecule has 8 nitrogen and oxygen atoms in total. The highest BCUT2D eigenvalue weighted by Crippen LogP contribution is 2.55. The third kappa shape index (κ3) is 4.77. The number of hydrogen-bond donors (Lipinski definition) is 2. The van der Waals surface area contributed by atoms with Crippen LogP contribution in [0.5, 0.6) is 0 Å². The van der Waals surface area contributed by atoms with E-state index in [4.69, 9.17) is 4.74 Å². The Morgan fingerprint density at radius 2 is 1.85 bits per heavy atom. The molecule has 216 valence electrons. The van der Waals surface area contributed by atoms with E-state index in [9.17, 15) is 14.4 Å². The van der Waals surface area contributed by atoms with Gasteiger partial charge in [-0.2, -0.15) is 0 Å². The number of aryl methyl sites for hydroxylation is 1. The second-order valence-corrected chi connectivity index (χ2v) is 12.9. The summed E-state index contributed by atoms with van der Waals surface area (Å²) in [5, 5.41) is 6.37. The summed E-state index contributed by atoms with van der Waals surface area (Å²) in [7, 11) is 0. The van der Waals surface area contributed by atoms with Gasteiger partial charge in [0.1, 0.15) is 11.6 Å². The van der Waals surface area contributed by atoms with Crippen LogP contribution in [0.25, 0.3) is 0 Å². The molecule has 8 atom stereocenters. The number of hydrogen-bond acceptors (Lipinski definition) is 5. The maximum Gasteiger partial charge on any atom is 0.246 e.